The Morgan fingerprint density at radius 3 is 2.65 bits per heavy atom. The maximum Gasteiger partial charge on any atom is 0.261 e. The fraction of sp³-hybridized carbons (Fsp3) is 0.615. The summed E-state index contributed by atoms with van der Waals surface area (Å²) in [5.74, 6) is 1.38. The second-order valence-electron chi connectivity index (χ2n) is 5.06. The molecule has 17 heavy (non-hydrogen) atoms. The van der Waals surface area contributed by atoms with Crippen LogP contribution in [0, 0.1) is 18.8 Å². The number of carbonyl (C=O) groups is 1. The van der Waals surface area contributed by atoms with E-state index in [1.807, 2.05) is 13.0 Å². The third-order valence-electron chi connectivity index (χ3n) is 3.86. The van der Waals surface area contributed by atoms with Gasteiger partial charge in [0.1, 0.15) is 0 Å². The molecule has 0 spiro atoms. The van der Waals surface area contributed by atoms with Crippen LogP contribution < -0.4 is 5.32 Å². The van der Waals surface area contributed by atoms with Gasteiger partial charge >= 0.3 is 0 Å². The maximum atomic E-state index is 12.1. The molecule has 1 aromatic heterocycles. The second kappa shape index (κ2) is 5.11. The van der Waals surface area contributed by atoms with Gasteiger partial charge in [-0.3, -0.25) is 4.79 Å². The minimum Gasteiger partial charge on any atom is -0.348 e. The van der Waals surface area contributed by atoms with Crippen molar-refractivity contribution in [2.75, 3.05) is 0 Å². The zero-order valence-corrected chi connectivity index (χ0v) is 12.8. The van der Waals surface area contributed by atoms with Gasteiger partial charge in [-0.2, -0.15) is 0 Å². The topological polar surface area (TPSA) is 29.1 Å². The molecule has 0 aliphatic heterocycles. The Morgan fingerprint density at radius 1 is 1.47 bits per heavy atom. The molecule has 1 aromatic rings. The summed E-state index contributed by atoms with van der Waals surface area (Å²) in [5.41, 5.74) is 1.13. The molecule has 0 radical (unpaired) electrons. The van der Waals surface area contributed by atoms with E-state index in [-0.39, 0.29) is 5.91 Å². The molecule has 3 atom stereocenters. The quantitative estimate of drug-likeness (QED) is 0.878. The number of thiophene rings is 1. The smallest absolute Gasteiger partial charge is 0.261 e. The van der Waals surface area contributed by atoms with Gasteiger partial charge in [-0.1, -0.05) is 13.8 Å². The number of rotatable bonds is 2. The second-order valence-corrected chi connectivity index (χ2v) is 7.43. The van der Waals surface area contributed by atoms with Gasteiger partial charge in [-0.25, -0.2) is 0 Å². The van der Waals surface area contributed by atoms with Crippen LogP contribution in [-0.4, -0.2) is 11.9 Å². The summed E-state index contributed by atoms with van der Waals surface area (Å²) in [6.07, 6.45) is 2.33. The van der Waals surface area contributed by atoms with E-state index in [4.69, 9.17) is 0 Å². The zero-order chi connectivity index (χ0) is 12.6. The Labute approximate surface area is 115 Å². The summed E-state index contributed by atoms with van der Waals surface area (Å²) >= 11 is 4.97. The lowest BCUT2D eigenvalue weighted by Crippen LogP contribution is -2.36. The first-order chi connectivity index (χ1) is 7.99. The van der Waals surface area contributed by atoms with Gasteiger partial charge in [0.15, 0.2) is 0 Å². The number of halogens is 1. The summed E-state index contributed by atoms with van der Waals surface area (Å²) in [6, 6.07) is 2.30. The molecule has 1 saturated carbocycles. The molecule has 0 aromatic carbocycles. The predicted molar refractivity (Wildman–Crippen MR) is 75.6 cm³/mol. The Hall–Kier alpha value is -0.350. The van der Waals surface area contributed by atoms with Crippen LogP contribution in [0.2, 0.25) is 0 Å². The summed E-state index contributed by atoms with van der Waals surface area (Å²) in [7, 11) is 0. The van der Waals surface area contributed by atoms with Gasteiger partial charge < -0.3 is 5.32 Å². The molecule has 1 fully saturated rings. The first kappa shape index (κ1) is 13.1. The van der Waals surface area contributed by atoms with Crippen molar-refractivity contribution in [3.05, 3.63) is 20.3 Å². The van der Waals surface area contributed by atoms with Crippen molar-refractivity contribution in [3.63, 3.8) is 0 Å². The Kier molecular flexibility index (Phi) is 3.93. The number of hydrogen-bond donors (Lipinski definition) is 1. The van der Waals surface area contributed by atoms with E-state index >= 15 is 0 Å². The Balaban J connectivity index is 2.02. The van der Waals surface area contributed by atoms with Crippen LogP contribution in [0.25, 0.3) is 0 Å². The minimum absolute atomic E-state index is 0.0785. The summed E-state index contributed by atoms with van der Waals surface area (Å²) in [6.45, 7) is 6.51. The molecule has 1 aliphatic rings. The lowest BCUT2D eigenvalue weighted by Gasteiger charge is -2.19. The van der Waals surface area contributed by atoms with E-state index in [0.717, 1.165) is 26.6 Å². The fourth-order valence-electron chi connectivity index (χ4n) is 2.38. The van der Waals surface area contributed by atoms with Gasteiger partial charge in [-0.15, -0.1) is 11.3 Å². The first-order valence-electron chi connectivity index (χ1n) is 6.06. The molecule has 1 amide bonds. The molecule has 1 aliphatic carbocycles. The van der Waals surface area contributed by atoms with E-state index in [1.54, 1.807) is 0 Å². The standard InChI is InChI=1S/C13H18BrNOS/c1-7-4-5-10(9(7)3)15-13(16)11-6-8(2)12(14)17-11/h6-7,9-10H,4-5H2,1-3H3,(H,15,16). The summed E-state index contributed by atoms with van der Waals surface area (Å²) in [5, 5.41) is 3.17. The van der Waals surface area contributed by atoms with Crippen LogP contribution in [0.5, 0.6) is 0 Å². The van der Waals surface area contributed by atoms with Gasteiger partial charge in [0.2, 0.25) is 0 Å². The van der Waals surface area contributed by atoms with E-state index in [1.165, 1.54) is 17.8 Å². The van der Waals surface area contributed by atoms with Crippen molar-refractivity contribution in [1.82, 2.24) is 5.32 Å². The van der Waals surface area contributed by atoms with Gasteiger partial charge in [0, 0.05) is 6.04 Å². The molecule has 1 N–H and O–H groups in total. The lowest BCUT2D eigenvalue weighted by atomic mass is 9.98. The Bertz CT molecular complexity index is 410. The van der Waals surface area contributed by atoms with Crippen molar-refractivity contribution in [1.29, 1.82) is 0 Å². The maximum absolute atomic E-state index is 12.1. The van der Waals surface area contributed by atoms with Gasteiger partial charge in [-0.05, 0) is 59.2 Å². The predicted octanol–water partition coefficient (Wildman–Crippen LogP) is 3.98. The molecule has 0 saturated heterocycles. The Morgan fingerprint density at radius 2 is 2.18 bits per heavy atom. The lowest BCUT2D eigenvalue weighted by molar-refractivity contribution is 0.0931. The molecule has 3 unspecified atom stereocenters. The fourth-order valence-corrected chi connectivity index (χ4v) is 3.82. The SMILES string of the molecule is Cc1cc(C(=O)NC2CCC(C)C2C)sc1Br. The minimum atomic E-state index is 0.0785. The van der Waals surface area contributed by atoms with Crippen LogP contribution in [0.3, 0.4) is 0 Å². The van der Waals surface area contributed by atoms with Gasteiger partial charge in [0.25, 0.3) is 5.91 Å². The van der Waals surface area contributed by atoms with Crippen molar-refractivity contribution < 1.29 is 4.79 Å². The van der Waals surface area contributed by atoms with E-state index in [2.05, 4.69) is 35.1 Å². The van der Waals surface area contributed by atoms with E-state index in [0.29, 0.717) is 12.0 Å². The third kappa shape index (κ3) is 2.74. The molecule has 2 nitrogen and oxygen atoms in total. The third-order valence-corrected chi connectivity index (χ3v) is 6.00. The summed E-state index contributed by atoms with van der Waals surface area (Å²) < 4.78 is 1.05. The van der Waals surface area contributed by atoms with Crippen LogP contribution in [0.1, 0.15) is 41.9 Å². The molecule has 0 bridgehead atoms. The highest BCUT2D eigenvalue weighted by atomic mass is 79.9. The highest BCUT2D eigenvalue weighted by Crippen LogP contribution is 2.32. The average Bonchev–Trinajstić information content (AvgIpc) is 2.77. The monoisotopic (exact) mass is 315 g/mol. The van der Waals surface area contributed by atoms with E-state index < -0.39 is 0 Å². The van der Waals surface area contributed by atoms with Gasteiger partial charge in [0.05, 0.1) is 8.66 Å². The van der Waals surface area contributed by atoms with Crippen LogP contribution in [0.4, 0.5) is 0 Å². The normalized spacial score (nSPS) is 28.4. The molecule has 2 rings (SSSR count). The summed E-state index contributed by atoms with van der Waals surface area (Å²) in [4.78, 5) is 12.9. The molecular formula is C13H18BrNOS. The number of hydrogen-bond acceptors (Lipinski definition) is 2. The van der Waals surface area contributed by atoms with Crippen molar-refractivity contribution in [3.8, 4) is 0 Å². The molecule has 4 heteroatoms. The highest BCUT2D eigenvalue weighted by molar-refractivity contribution is 9.11. The number of amides is 1. The zero-order valence-electron chi connectivity index (χ0n) is 10.4. The van der Waals surface area contributed by atoms with Crippen LogP contribution >= 0.6 is 27.3 Å². The number of carbonyl (C=O) groups excluding carboxylic acids is 1. The molecular weight excluding hydrogens is 298 g/mol. The molecule has 94 valence electrons. The highest BCUT2D eigenvalue weighted by Gasteiger charge is 2.31. The van der Waals surface area contributed by atoms with Crippen molar-refractivity contribution in [2.45, 2.75) is 39.7 Å². The largest absolute Gasteiger partial charge is 0.348 e. The average molecular weight is 316 g/mol. The van der Waals surface area contributed by atoms with E-state index in [9.17, 15) is 4.79 Å². The number of nitrogens with one attached hydrogen (secondary N) is 1. The van der Waals surface area contributed by atoms with Crippen molar-refractivity contribution in [2.24, 2.45) is 11.8 Å². The number of aryl methyl sites for hydroxylation is 1. The molecule has 1 heterocycles. The first-order valence-corrected chi connectivity index (χ1v) is 7.66. The van der Waals surface area contributed by atoms with Crippen molar-refractivity contribution >= 4 is 33.2 Å². The van der Waals surface area contributed by atoms with Crippen LogP contribution in [0.15, 0.2) is 9.85 Å². The van der Waals surface area contributed by atoms with Crippen LogP contribution in [-0.2, 0) is 0 Å².